The molecule has 0 unspecified atom stereocenters. The lowest BCUT2D eigenvalue weighted by molar-refractivity contribution is -0.131. The first-order valence-corrected chi connectivity index (χ1v) is 7.66. The van der Waals surface area contributed by atoms with Gasteiger partial charge in [-0.15, -0.1) is 0 Å². The Bertz CT molecular complexity index is 579. The molecule has 114 valence electrons. The highest BCUT2D eigenvalue weighted by Crippen LogP contribution is 2.27. The second-order valence-corrected chi connectivity index (χ2v) is 5.56. The molecule has 0 aliphatic heterocycles. The van der Waals surface area contributed by atoms with Gasteiger partial charge in [0.1, 0.15) is 0 Å². The van der Waals surface area contributed by atoms with Crippen molar-refractivity contribution >= 4 is 5.91 Å². The second kappa shape index (κ2) is 7.60. The summed E-state index contributed by atoms with van der Waals surface area (Å²) in [5, 5.41) is 0. The van der Waals surface area contributed by atoms with Gasteiger partial charge in [0, 0.05) is 13.1 Å². The van der Waals surface area contributed by atoms with Gasteiger partial charge in [-0.25, -0.2) is 0 Å². The topological polar surface area (TPSA) is 20.3 Å². The van der Waals surface area contributed by atoms with Gasteiger partial charge >= 0.3 is 0 Å². The second-order valence-electron chi connectivity index (χ2n) is 5.56. The van der Waals surface area contributed by atoms with E-state index < -0.39 is 0 Å². The van der Waals surface area contributed by atoms with Crippen LogP contribution in [0.4, 0.5) is 0 Å². The summed E-state index contributed by atoms with van der Waals surface area (Å²) in [4.78, 5) is 15.0. The minimum absolute atomic E-state index is 0.128. The first-order valence-electron chi connectivity index (χ1n) is 7.66. The Morgan fingerprint density at radius 3 is 1.82 bits per heavy atom. The fourth-order valence-corrected chi connectivity index (χ4v) is 2.62. The van der Waals surface area contributed by atoms with E-state index in [2.05, 4.69) is 6.58 Å². The number of amides is 1. The quantitative estimate of drug-likeness (QED) is 0.729. The van der Waals surface area contributed by atoms with Crippen LogP contribution in [-0.2, 0) is 4.79 Å². The van der Waals surface area contributed by atoms with Gasteiger partial charge in [-0.1, -0.05) is 72.8 Å². The van der Waals surface area contributed by atoms with E-state index in [-0.39, 0.29) is 11.8 Å². The zero-order chi connectivity index (χ0) is 15.9. The molecule has 0 fully saturated rings. The summed E-state index contributed by atoms with van der Waals surface area (Å²) in [5.74, 6) is -0.135. The molecule has 2 aromatic carbocycles. The Morgan fingerprint density at radius 1 is 1.00 bits per heavy atom. The van der Waals surface area contributed by atoms with Crippen LogP contribution < -0.4 is 0 Å². The number of nitrogens with zero attached hydrogens (tertiary/aromatic N) is 1. The molecule has 2 nitrogen and oxygen atoms in total. The normalized spacial score (nSPS) is 10.5. The van der Waals surface area contributed by atoms with Crippen molar-refractivity contribution < 1.29 is 4.79 Å². The van der Waals surface area contributed by atoms with Gasteiger partial charge in [0.25, 0.3) is 0 Å². The van der Waals surface area contributed by atoms with Crippen LogP contribution in [0.5, 0.6) is 0 Å². The summed E-state index contributed by atoms with van der Waals surface area (Å²) in [6.07, 6.45) is 0. The molecule has 1 amide bonds. The number of carbonyl (C=O) groups excluding carboxylic acids is 1. The monoisotopic (exact) mass is 293 g/mol. The van der Waals surface area contributed by atoms with Crippen molar-refractivity contribution in [3.8, 4) is 0 Å². The summed E-state index contributed by atoms with van der Waals surface area (Å²) >= 11 is 0. The van der Waals surface area contributed by atoms with Crippen molar-refractivity contribution in [2.45, 2.75) is 19.8 Å². The summed E-state index contributed by atoms with van der Waals surface area (Å²) in [7, 11) is 0. The molecule has 0 atom stereocenters. The average Bonchev–Trinajstić information content (AvgIpc) is 2.54. The molecule has 2 rings (SSSR count). The molecule has 0 aliphatic rings. The maximum absolute atomic E-state index is 13.1. The molecule has 0 radical (unpaired) electrons. The Morgan fingerprint density at radius 2 is 1.45 bits per heavy atom. The molecule has 0 heterocycles. The van der Waals surface area contributed by atoms with Gasteiger partial charge in [-0.3, -0.25) is 4.79 Å². The molecule has 0 aliphatic carbocycles. The lowest BCUT2D eigenvalue weighted by Crippen LogP contribution is -2.36. The summed E-state index contributed by atoms with van der Waals surface area (Å²) in [6, 6.07) is 19.9. The lowest BCUT2D eigenvalue weighted by atomic mass is 9.90. The SMILES string of the molecule is C=C(C)CN(CC)C(=O)C(c1ccccc1)c1ccccc1. The fourth-order valence-electron chi connectivity index (χ4n) is 2.62. The Labute approximate surface area is 133 Å². The average molecular weight is 293 g/mol. The number of likely N-dealkylation sites (N-methyl/N-ethyl adjacent to an activating group) is 1. The third-order valence-corrected chi connectivity index (χ3v) is 3.67. The molecular weight excluding hydrogens is 270 g/mol. The molecule has 0 N–H and O–H groups in total. The van der Waals surface area contributed by atoms with Crippen LogP contribution >= 0.6 is 0 Å². The Balaban J connectivity index is 2.40. The third-order valence-electron chi connectivity index (χ3n) is 3.67. The van der Waals surface area contributed by atoms with E-state index in [1.165, 1.54) is 0 Å². The van der Waals surface area contributed by atoms with E-state index in [1.54, 1.807) is 0 Å². The summed E-state index contributed by atoms with van der Waals surface area (Å²) in [6.45, 7) is 9.18. The van der Waals surface area contributed by atoms with E-state index in [0.717, 1.165) is 16.7 Å². The third kappa shape index (κ3) is 3.85. The van der Waals surface area contributed by atoms with Crippen LogP contribution in [0.3, 0.4) is 0 Å². The minimum Gasteiger partial charge on any atom is -0.338 e. The number of rotatable bonds is 6. The van der Waals surface area contributed by atoms with Gasteiger partial charge in [0.15, 0.2) is 0 Å². The largest absolute Gasteiger partial charge is 0.338 e. The fraction of sp³-hybridized carbons (Fsp3) is 0.250. The molecule has 22 heavy (non-hydrogen) atoms. The van der Waals surface area contributed by atoms with Crippen LogP contribution in [0, 0.1) is 0 Å². The number of benzene rings is 2. The minimum atomic E-state index is -0.262. The zero-order valence-corrected chi connectivity index (χ0v) is 13.3. The van der Waals surface area contributed by atoms with E-state index in [0.29, 0.717) is 13.1 Å². The first-order chi connectivity index (χ1) is 10.6. The van der Waals surface area contributed by atoms with E-state index in [1.807, 2.05) is 79.4 Å². The molecule has 0 saturated carbocycles. The zero-order valence-electron chi connectivity index (χ0n) is 13.3. The highest BCUT2D eigenvalue weighted by molar-refractivity contribution is 5.87. The van der Waals surface area contributed by atoms with Crippen LogP contribution in [-0.4, -0.2) is 23.9 Å². The van der Waals surface area contributed by atoms with Crippen LogP contribution in [0.15, 0.2) is 72.8 Å². The van der Waals surface area contributed by atoms with Crippen molar-refractivity contribution in [1.29, 1.82) is 0 Å². The van der Waals surface area contributed by atoms with Crippen molar-refractivity contribution in [3.63, 3.8) is 0 Å². The van der Waals surface area contributed by atoms with Gasteiger partial charge in [0.2, 0.25) is 5.91 Å². The van der Waals surface area contributed by atoms with E-state index >= 15 is 0 Å². The molecule has 0 bridgehead atoms. The van der Waals surface area contributed by atoms with Crippen molar-refractivity contribution in [2.24, 2.45) is 0 Å². The highest BCUT2D eigenvalue weighted by Gasteiger charge is 2.26. The van der Waals surface area contributed by atoms with Gasteiger partial charge in [0.05, 0.1) is 5.92 Å². The Kier molecular flexibility index (Phi) is 5.54. The predicted octanol–water partition coefficient (Wildman–Crippen LogP) is 4.24. The Hall–Kier alpha value is -2.35. The van der Waals surface area contributed by atoms with Gasteiger partial charge in [-0.05, 0) is 25.0 Å². The first kappa shape index (κ1) is 16.0. The predicted molar refractivity (Wildman–Crippen MR) is 91.8 cm³/mol. The van der Waals surface area contributed by atoms with E-state index in [4.69, 9.17) is 0 Å². The van der Waals surface area contributed by atoms with Crippen LogP contribution in [0.1, 0.15) is 30.9 Å². The molecule has 2 heteroatoms. The maximum Gasteiger partial charge on any atom is 0.234 e. The standard InChI is InChI=1S/C20H23NO/c1-4-21(15-16(2)3)20(22)19(17-11-7-5-8-12-17)18-13-9-6-10-14-18/h5-14,19H,2,4,15H2,1,3H3. The van der Waals surface area contributed by atoms with Crippen molar-refractivity contribution in [3.05, 3.63) is 83.9 Å². The van der Waals surface area contributed by atoms with Crippen LogP contribution in [0.2, 0.25) is 0 Å². The number of hydrogen-bond donors (Lipinski definition) is 0. The van der Waals surface area contributed by atoms with Gasteiger partial charge < -0.3 is 4.90 Å². The van der Waals surface area contributed by atoms with Crippen LogP contribution in [0.25, 0.3) is 0 Å². The molecule has 0 aromatic heterocycles. The number of hydrogen-bond acceptors (Lipinski definition) is 1. The van der Waals surface area contributed by atoms with Crippen molar-refractivity contribution in [2.75, 3.05) is 13.1 Å². The summed E-state index contributed by atoms with van der Waals surface area (Å²) in [5.41, 5.74) is 3.05. The molecular formula is C20H23NO. The number of carbonyl (C=O) groups is 1. The van der Waals surface area contributed by atoms with Crippen molar-refractivity contribution in [1.82, 2.24) is 4.90 Å². The molecule has 2 aromatic rings. The lowest BCUT2D eigenvalue weighted by Gasteiger charge is -2.27. The molecule has 0 saturated heterocycles. The summed E-state index contributed by atoms with van der Waals surface area (Å²) < 4.78 is 0. The smallest absolute Gasteiger partial charge is 0.234 e. The molecule has 0 spiro atoms. The maximum atomic E-state index is 13.1. The van der Waals surface area contributed by atoms with Gasteiger partial charge in [-0.2, -0.15) is 0 Å². The van der Waals surface area contributed by atoms with E-state index in [9.17, 15) is 4.79 Å². The highest BCUT2D eigenvalue weighted by atomic mass is 16.2.